The highest BCUT2D eigenvalue weighted by atomic mass is 19.3. The van der Waals surface area contributed by atoms with Gasteiger partial charge in [0.05, 0.1) is 16.6 Å². The van der Waals surface area contributed by atoms with Gasteiger partial charge in [-0.2, -0.15) is 5.10 Å². The van der Waals surface area contributed by atoms with Crippen molar-refractivity contribution in [1.29, 1.82) is 0 Å². The molecule has 0 unspecified atom stereocenters. The van der Waals surface area contributed by atoms with Crippen molar-refractivity contribution in [3.63, 3.8) is 0 Å². The summed E-state index contributed by atoms with van der Waals surface area (Å²) in [4.78, 5) is 17.9. The number of alkyl halides is 2. The summed E-state index contributed by atoms with van der Waals surface area (Å²) in [5.41, 5.74) is 2.85. The van der Waals surface area contributed by atoms with E-state index in [4.69, 9.17) is 0 Å². The third kappa shape index (κ3) is 3.83. The lowest BCUT2D eigenvalue weighted by molar-refractivity contribution is -0.286. The number of hydrogen-bond acceptors (Lipinski definition) is 5. The van der Waals surface area contributed by atoms with E-state index >= 15 is 0 Å². The highest BCUT2D eigenvalue weighted by Crippen LogP contribution is 2.43. The lowest BCUT2D eigenvalue weighted by Gasteiger charge is -2.24. The number of aryl methyl sites for hydroxylation is 2. The van der Waals surface area contributed by atoms with Gasteiger partial charge in [-0.3, -0.25) is 9.48 Å². The second-order valence-electron chi connectivity index (χ2n) is 8.85. The molecule has 0 saturated carbocycles. The zero-order valence-corrected chi connectivity index (χ0v) is 19.0. The van der Waals surface area contributed by atoms with Crippen molar-refractivity contribution in [1.82, 2.24) is 14.8 Å². The van der Waals surface area contributed by atoms with E-state index in [1.165, 1.54) is 12.1 Å². The van der Waals surface area contributed by atoms with Crippen LogP contribution in [0.1, 0.15) is 25.0 Å². The molecule has 1 aliphatic heterocycles. The van der Waals surface area contributed by atoms with E-state index in [9.17, 15) is 13.6 Å². The van der Waals surface area contributed by atoms with Gasteiger partial charge in [0.25, 0.3) is 0 Å². The minimum absolute atomic E-state index is 0.0697. The number of aromatic nitrogens is 3. The number of rotatable bonds is 4. The van der Waals surface area contributed by atoms with Gasteiger partial charge in [0.1, 0.15) is 5.82 Å². The number of carbonyl (C=O) groups is 1. The number of nitrogens with zero attached hydrogens (tertiary/aromatic N) is 3. The highest BCUT2D eigenvalue weighted by molar-refractivity contribution is 5.98. The average Bonchev–Trinajstić information content (AvgIpc) is 3.30. The number of benzene rings is 2. The second-order valence-corrected chi connectivity index (χ2v) is 8.85. The number of halogens is 2. The zero-order chi connectivity index (χ0) is 24.3. The fraction of sp³-hybridized carbons (Fsp3) is 0.240. The molecule has 4 aromatic rings. The van der Waals surface area contributed by atoms with Gasteiger partial charge < -0.3 is 14.8 Å². The van der Waals surface area contributed by atoms with E-state index in [-0.39, 0.29) is 17.4 Å². The summed E-state index contributed by atoms with van der Waals surface area (Å²) in [5, 5.41) is 8.33. The molecule has 0 aliphatic carbocycles. The van der Waals surface area contributed by atoms with Crippen LogP contribution in [0.3, 0.4) is 0 Å². The third-order valence-corrected chi connectivity index (χ3v) is 5.92. The highest BCUT2D eigenvalue weighted by Gasteiger charge is 2.44. The number of hydrogen-bond donors (Lipinski definition) is 1. The molecule has 0 radical (unpaired) electrons. The van der Waals surface area contributed by atoms with Crippen molar-refractivity contribution >= 4 is 22.6 Å². The van der Waals surface area contributed by atoms with Crippen LogP contribution in [0, 0.1) is 6.92 Å². The van der Waals surface area contributed by atoms with E-state index in [2.05, 4.69) is 24.9 Å². The molecule has 0 bridgehead atoms. The molecule has 7 nitrogen and oxygen atoms in total. The summed E-state index contributed by atoms with van der Waals surface area (Å²) in [7, 11) is 1.87. The van der Waals surface area contributed by atoms with Crippen molar-refractivity contribution in [3.8, 4) is 22.8 Å². The molecule has 0 spiro atoms. The smallest absolute Gasteiger partial charge is 0.395 e. The first-order chi connectivity index (χ1) is 16.0. The number of fused-ring (bicyclic) bond motifs is 2. The van der Waals surface area contributed by atoms with Crippen LogP contribution in [0.15, 0.2) is 54.7 Å². The van der Waals surface area contributed by atoms with Gasteiger partial charge in [-0.05, 0) is 56.2 Å². The zero-order valence-electron chi connectivity index (χ0n) is 19.0. The van der Waals surface area contributed by atoms with Crippen LogP contribution < -0.4 is 14.8 Å². The predicted molar refractivity (Wildman–Crippen MR) is 123 cm³/mol. The molecule has 174 valence electrons. The summed E-state index contributed by atoms with van der Waals surface area (Å²) in [5.74, 6) is -0.142. The van der Waals surface area contributed by atoms with Crippen LogP contribution in [0.4, 0.5) is 14.6 Å². The van der Waals surface area contributed by atoms with Crippen molar-refractivity contribution < 1.29 is 23.0 Å². The quantitative estimate of drug-likeness (QED) is 0.450. The Kier molecular flexibility index (Phi) is 4.82. The molecule has 0 saturated heterocycles. The molecule has 1 N–H and O–H groups in total. The Hall–Kier alpha value is -4.01. The molecule has 2 aromatic heterocycles. The minimum atomic E-state index is -3.71. The number of nitrogens with one attached hydrogen (secondary N) is 1. The Morgan fingerprint density at radius 3 is 2.62 bits per heavy atom. The van der Waals surface area contributed by atoms with Gasteiger partial charge in [0.15, 0.2) is 11.5 Å². The lowest BCUT2D eigenvalue weighted by Crippen LogP contribution is -2.35. The van der Waals surface area contributed by atoms with E-state index in [1.54, 1.807) is 30.7 Å². The molecule has 5 rings (SSSR count). The van der Waals surface area contributed by atoms with Crippen LogP contribution >= 0.6 is 0 Å². The van der Waals surface area contributed by atoms with Crippen LogP contribution in [0.25, 0.3) is 22.2 Å². The molecular weight excluding hydrogens is 442 g/mol. The molecule has 3 heterocycles. The van der Waals surface area contributed by atoms with Crippen LogP contribution in [-0.4, -0.2) is 27.0 Å². The predicted octanol–water partition coefficient (Wildman–Crippen LogP) is 5.18. The Balaban J connectivity index is 1.41. The van der Waals surface area contributed by atoms with E-state index in [0.29, 0.717) is 11.4 Å². The SMILES string of the molecule is Cc1ccc(NC(=O)C(C)(C)c2ccc3c(c2)OC(F)(F)O3)nc1-c1ccc2cn(C)nc2c1. The van der Waals surface area contributed by atoms with E-state index in [1.807, 2.05) is 44.4 Å². The number of pyridine rings is 1. The number of ether oxygens (including phenoxy) is 2. The number of amides is 1. The lowest BCUT2D eigenvalue weighted by atomic mass is 9.83. The Bertz CT molecular complexity index is 1450. The van der Waals surface area contributed by atoms with Gasteiger partial charge in [-0.15, -0.1) is 8.78 Å². The fourth-order valence-corrected chi connectivity index (χ4v) is 3.92. The largest absolute Gasteiger partial charge is 0.586 e. The third-order valence-electron chi connectivity index (χ3n) is 5.92. The van der Waals surface area contributed by atoms with Gasteiger partial charge >= 0.3 is 6.29 Å². The Labute approximate surface area is 194 Å². The monoisotopic (exact) mass is 464 g/mol. The maximum Gasteiger partial charge on any atom is 0.586 e. The van der Waals surface area contributed by atoms with Gasteiger partial charge in [-0.1, -0.05) is 24.3 Å². The fourth-order valence-electron chi connectivity index (χ4n) is 3.92. The van der Waals surface area contributed by atoms with Gasteiger partial charge in [0.2, 0.25) is 5.91 Å². The van der Waals surface area contributed by atoms with Crippen molar-refractivity contribution in [2.45, 2.75) is 32.5 Å². The van der Waals surface area contributed by atoms with Gasteiger partial charge in [0, 0.05) is 24.2 Å². The molecule has 0 atom stereocenters. The van der Waals surface area contributed by atoms with Crippen molar-refractivity contribution in [2.75, 3.05) is 5.32 Å². The van der Waals surface area contributed by atoms with E-state index < -0.39 is 11.7 Å². The van der Waals surface area contributed by atoms with Crippen molar-refractivity contribution in [2.24, 2.45) is 7.05 Å². The first kappa shape index (κ1) is 21.8. The molecule has 1 amide bonds. The summed E-state index contributed by atoms with van der Waals surface area (Å²) >= 11 is 0. The van der Waals surface area contributed by atoms with Crippen LogP contribution in [0.5, 0.6) is 11.5 Å². The topological polar surface area (TPSA) is 78.3 Å². The maximum atomic E-state index is 13.4. The molecular formula is C25H22F2N4O3. The van der Waals surface area contributed by atoms with Crippen molar-refractivity contribution in [3.05, 3.63) is 65.9 Å². The molecule has 0 fully saturated rings. The second kappa shape index (κ2) is 7.51. The first-order valence-electron chi connectivity index (χ1n) is 10.7. The molecule has 34 heavy (non-hydrogen) atoms. The Morgan fingerprint density at radius 1 is 1.06 bits per heavy atom. The van der Waals surface area contributed by atoms with E-state index in [0.717, 1.165) is 27.7 Å². The average molecular weight is 464 g/mol. The van der Waals surface area contributed by atoms with Crippen LogP contribution in [0.2, 0.25) is 0 Å². The molecule has 9 heteroatoms. The minimum Gasteiger partial charge on any atom is -0.395 e. The van der Waals surface area contributed by atoms with Gasteiger partial charge in [-0.25, -0.2) is 4.98 Å². The summed E-state index contributed by atoms with van der Waals surface area (Å²) in [6.45, 7) is 5.34. The molecule has 2 aromatic carbocycles. The maximum absolute atomic E-state index is 13.4. The van der Waals surface area contributed by atoms with Crippen LogP contribution in [-0.2, 0) is 17.3 Å². The summed E-state index contributed by atoms with van der Waals surface area (Å²) in [6.07, 6.45) is -1.77. The normalized spacial score (nSPS) is 14.4. The Morgan fingerprint density at radius 2 is 1.82 bits per heavy atom. The summed E-state index contributed by atoms with van der Waals surface area (Å²) < 4.78 is 37.5. The first-order valence-corrected chi connectivity index (χ1v) is 10.7. The standard InChI is InChI=1S/C25H22F2N4O3/c1-14-5-10-21(28-22(14)15-6-7-16-13-31(4)30-18(16)11-15)29-23(32)24(2,3)17-8-9-19-20(12-17)34-25(26,27)33-19/h5-13H,1-4H3,(H,28,29,32). The molecule has 1 aliphatic rings. The summed E-state index contributed by atoms with van der Waals surface area (Å²) in [6, 6.07) is 13.9. The number of carbonyl (C=O) groups excluding carboxylic acids is 1. The number of anilines is 1.